The maximum Gasteiger partial charge on any atom is 0.127 e. The summed E-state index contributed by atoms with van der Waals surface area (Å²) in [5, 5.41) is 21.8. The van der Waals surface area contributed by atoms with Crippen LogP contribution in [-0.2, 0) is 10.8 Å². The Balaban J connectivity index is 1.93. The van der Waals surface area contributed by atoms with Gasteiger partial charge in [-0.05, 0) is 110 Å². The fourth-order valence-corrected chi connectivity index (χ4v) is 6.94. The normalized spacial score (nSPS) is 18.7. The van der Waals surface area contributed by atoms with Gasteiger partial charge in [0.1, 0.15) is 11.5 Å². The van der Waals surface area contributed by atoms with Gasteiger partial charge in [-0.3, -0.25) is 9.98 Å². The van der Waals surface area contributed by atoms with E-state index in [2.05, 4.69) is 65.8 Å². The molecule has 3 rings (SSSR count). The summed E-state index contributed by atoms with van der Waals surface area (Å²) in [5.74, 6) is 0.646. The predicted octanol–water partition coefficient (Wildman–Crippen LogP) is 9.50. The van der Waals surface area contributed by atoms with Gasteiger partial charge in [0.15, 0.2) is 0 Å². The van der Waals surface area contributed by atoms with E-state index in [9.17, 15) is 10.2 Å². The van der Waals surface area contributed by atoms with Gasteiger partial charge in [-0.2, -0.15) is 0 Å². The lowest BCUT2D eigenvalue weighted by molar-refractivity contribution is 0.380. The van der Waals surface area contributed by atoms with E-state index >= 15 is 0 Å². The second kappa shape index (κ2) is 13.8. The van der Waals surface area contributed by atoms with Gasteiger partial charge in [-0.25, -0.2) is 0 Å². The molecule has 0 aliphatic heterocycles. The minimum Gasteiger partial charge on any atom is -0.507 e. The number of rotatable bonds is 12. The molecule has 2 aromatic carbocycles. The van der Waals surface area contributed by atoms with Crippen LogP contribution in [-0.4, -0.2) is 34.7 Å². The van der Waals surface area contributed by atoms with E-state index in [-0.39, 0.29) is 22.9 Å². The summed E-state index contributed by atoms with van der Waals surface area (Å²) >= 11 is 0. The Morgan fingerprint density at radius 2 is 0.950 bits per heavy atom. The minimum absolute atomic E-state index is 0.0640. The van der Waals surface area contributed by atoms with Crippen molar-refractivity contribution in [1.29, 1.82) is 0 Å². The first kappa shape index (κ1) is 31.9. The first-order chi connectivity index (χ1) is 19.1. The van der Waals surface area contributed by atoms with E-state index < -0.39 is 0 Å². The fraction of sp³-hybridized carbons (Fsp3) is 0.611. The van der Waals surface area contributed by atoms with E-state index in [0.29, 0.717) is 11.5 Å². The van der Waals surface area contributed by atoms with Crippen molar-refractivity contribution in [1.82, 2.24) is 0 Å². The quantitative estimate of drug-likeness (QED) is 0.260. The van der Waals surface area contributed by atoms with E-state index in [4.69, 9.17) is 9.98 Å². The highest BCUT2D eigenvalue weighted by Crippen LogP contribution is 2.39. The molecule has 1 fully saturated rings. The van der Waals surface area contributed by atoms with Gasteiger partial charge in [0.2, 0.25) is 0 Å². The maximum absolute atomic E-state index is 10.9. The molecule has 0 heterocycles. The first-order valence-electron chi connectivity index (χ1n) is 15.9. The molecule has 0 saturated heterocycles. The van der Waals surface area contributed by atoms with Crippen LogP contribution in [0.5, 0.6) is 11.5 Å². The summed E-state index contributed by atoms with van der Waals surface area (Å²) in [4.78, 5) is 10.1. The molecule has 0 aromatic heterocycles. The standard InChI is InChI=1S/C36H54N2O2/c1-9-35(10-2,11-3)29-19-25(7)33(39)27(21-29)23-37-31-17-15-16-18-32(31)38-24-28-22-30(20-26(8)34(28)40)36(12-4,13-5)14-6/h19-24,31-32,39-40H,9-18H2,1-8H3. The lowest BCUT2D eigenvalue weighted by Crippen LogP contribution is -2.27. The lowest BCUT2D eigenvalue weighted by atomic mass is 9.73. The van der Waals surface area contributed by atoms with Crippen LogP contribution in [0.4, 0.5) is 0 Å². The Kier molecular flexibility index (Phi) is 11.0. The minimum atomic E-state index is 0.0640. The van der Waals surface area contributed by atoms with Crippen molar-refractivity contribution in [2.75, 3.05) is 0 Å². The van der Waals surface area contributed by atoms with Gasteiger partial charge >= 0.3 is 0 Å². The maximum atomic E-state index is 10.9. The molecule has 0 amide bonds. The van der Waals surface area contributed by atoms with Crippen molar-refractivity contribution in [3.05, 3.63) is 57.6 Å². The van der Waals surface area contributed by atoms with Crippen LogP contribution in [0.25, 0.3) is 0 Å². The molecule has 1 saturated carbocycles. The molecule has 1 aliphatic carbocycles. The topological polar surface area (TPSA) is 65.2 Å². The van der Waals surface area contributed by atoms with Crippen molar-refractivity contribution in [2.45, 2.75) is 143 Å². The molecule has 40 heavy (non-hydrogen) atoms. The van der Waals surface area contributed by atoms with Crippen LogP contribution in [0.15, 0.2) is 34.3 Å². The zero-order valence-electron chi connectivity index (χ0n) is 26.5. The van der Waals surface area contributed by atoms with Gasteiger partial charge in [-0.15, -0.1) is 0 Å². The monoisotopic (exact) mass is 546 g/mol. The average molecular weight is 547 g/mol. The van der Waals surface area contributed by atoms with Crippen molar-refractivity contribution >= 4 is 12.4 Å². The molecular formula is C36H54N2O2. The molecule has 0 radical (unpaired) electrons. The van der Waals surface area contributed by atoms with Crippen molar-refractivity contribution in [2.24, 2.45) is 9.98 Å². The van der Waals surface area contributed by atoms with Crippen molar-refractivity contribution in [3.63, 3.8) is 0 Å². The molecule has 0 spiro atoms. The smallest absolute Gasteiger partial charge is 0.127 e. The molecule has 4 heteroatoms. The third kappa shape index (κ3) is 6.47. The third-order valence-electron chi connectivity index (χ3n) is 10.4. The molecule has 220 valence electrons. The van der Waals surface area contributed by atoms with Crippen LogP contribution in [0, 0.1) is 13.8 Å². The van der Waals surface area contributed by atoms with E-state index in [1.165, 1.54) is 11.1 Å². The van der Waals surface area contributed by atoms with E-state index in [0.717, 1.165) is 86.5 Å². The molecular weight excluding hydrogens is 492 g/mol. The number of hydrogen-bond donors (Lipinski definition) is 2. The number of hydrogen-bond acceptors (Lipinski definition) is 4. The number of nitrogens with zero attached hydrogens (tertiary/aromatic N) is 2. The zero-order valence-corrected chi connectivity index (χ0v) is 26.5. The van der Waals surface area contributed by atoms with Crippen LogP contribution in [0.3, 0.4) is 0 Å². The van der Waals surface area contributed by atoms with Gasteiger partial charge in [0, 0.05) is 23.6 Å². The molecule has 2 aromatic rings. The number of aromatic hydroxyl groups is 2. The summed E-state index contributed by atoms with van der Waals surface area (Å²) in [6.45, 7) is 17.5. The molecule has 4 nitrogen and oxygen atoms in total. The number of aliphatic imine (C=N–C) groups is 2. The molecule has 2 unspecified atom stereocenters. The summed E-state index contributed by atoms with van der Waals surface area (Å²) in [6, 6.07) is 8.74. The zero-order chi connectivity index (χ0) is 29.5. The highest BCUT2D eigenvalue weighted by atomic mass is 16.3. The Bertz CT molecular complexity index is 1080. The highest BCUT2D eigenvalue weighted by molar-refractivity contribution is 5.86. The van der Waals surface area contributed by atoms with Gasteiger partial charge in [0.05, 0.1) is 12.1 Å². The second-order valence-electron chi connectivity index (χ2n) is 12.1. The number of phenols is 2. The van der Waals surface area contributed by atoms with Gasteiger partial charge < -0.3 is 10.2 Å². The highest BCUT2D eigenvalue weighted by Gasteiger charge is 2.29. The Labute approximate surface area is 244 Å². The summed E-state index contributed by atoms with van der Waals surface area (Å²) < 4.78 is 0. The van der Waals surface area contributed by atoms with Crippen LogP contribution >= 0.6 is 0 Å². The Hall–Kier alpha value is -2.62. The average Bonchev–Trinajstić information content (AvgIpc) is 2.97. The lowest BCUT2D eigenvalue weighted by Gasteiger charge is -2.32. The van der Waals surface area contributed by atoms with Crippen LogP contribution < -0.4 is 0 Å². The summed E-state index contributed by atoms with van der Waals surface area (Å²) in [7, 11) is 0. The largest absolute Gasteiger partial charge is 0.507 e. The van der Waals surface area contributed by atoms with E-state index in [1.54, 1.807) is 0 Å². The Morgan fingerprint density at radius 3 is 1.25 bits per heavy atom. The SMILES string of the molecule is CCC(CC)(CC)c1cc(C)c(O)c(C=NC2CCCCC2N=Cc2cc(C(CC)(CC)CC)cc(C)c2O)c1. The van der Waals surface area contributed by atoms with Crippen molar-refractivity contribution in [3.8, 4) is 11.5 Å². The van der Waals surface area contributed by atoms with Crippen molar-refractivity contribution < 1.29 is 10.2 Å². The van der Waals surface area contributed by atoms with Gasteiger partial charge in [-0.1, -0.05) is 66.5 Å². The summed E-state index contributed by atoms with van der Waals surface area (Å²) in [5.41, 5.74) is 6.26. The van der Waals surface area contributed by atoms with Crippen LogP contribution in [0.2, 0.25) is 0 Å². The molecule has 2 atom stereocenters. The van der Waals surface area contributed by atoms with E-state index in [1.807, 2.05) is 26.3 Å². The molecule has 0 bridgehead atoms. The van der Waals surface area contributed by atoms with Gasteiger partial charge in [0.25, 0.3) is 0 Å². The first-order valence-corrected chi connectivity index (χ1v) is 15.9. The second-order valence-corrected chi connectivity index (χ2v) is 12.1. The third-order valence-corrected chi connectivity index (χ3v) is 10.4. The fourth-order valence-electron chi connectivity index (χ4n) is 6.94. The van der Waals surface area contributed by atoms with Crippen LogP contribution in [0.1, 0.15) is 139 Å². The number of phenolic OH excluding ortho intramolecular Hbond substituents is 2. The predicted molar refractivity (Wildman–Crippen MR) is 172 cm³/mol. The molecule has 2 N–H and O–H groups in total. The number of aryl methyl sites for hydroxylation is 2. The number of benzene rings is 2. The molecule has 1 aliphatic rings. The summed E-state index contributed by atoms with van der Waals surface area (Å²) in [6.07, 6.45) is 14.4. The Morgan fingerprint density at radius 1 is 0.625 bits per heavy atom.